The van der Waals surface area contributed by atoms with Crippen molar-refractivity contribution in [3.8, 4) is 0 Å². The van der Waals surface area contributed by atoms with Crippen LogP contribution in [0.1, 0.15) is 34.3 Å². The summed E-state index contributed by atoms with van der Waals surface area (Å²) in [5.41, 5.74) is 13.5. The van der Waals surface area contributed by atoms with E-state index < -0.39 is 5.91 Å². The molecule has 21 heavy (non-hydrogen) atoms. The number of thiophene rings is 1. The second-order valence-electron chi connectivity index (χ2n) is 5.15. The van der Waals surface area contributed by atoms with Crippen molar-refractivity contribution in [2.24, 2.45) is 5.73 Å². The predicted octanol–water partition coefficient (Wildman–Crippen LogP) is 1.49. The Balaban J connectivity index is 2.34. The maximum atomic E-state index is 12.3. The summed E-state index contributed by atoms with van der Waals surface area (Å²) < 4.78 is 0. The Morgan fingerprint density at radius 1 is 1.43 bits per heavy atom. The zero-order chi connectivity index (χ0) is 15.7. The van der Waals surface area contributed by atoms with Gasteiger partial charge in [0.1, 0.15) is 9.71 Å². The first-order valence-electron chi connectivity index (χ1n) is 6.55. The highest BCUT2D eigenvalue weighted by Crippen LogP contribution is 2.34. The highest BCUT2D eigenvalue weighted by molar-refractivity contribution is 7.21. The molecule has 0 radical (unpaired) electrons. The van der Waals surface area contributed by atoms with Crippen LogP contribution in [0.4, 0.5) is 5.69 Å². The quantitative estimate of drug-likeness (QED) is 0.794. The van der Waals surface area contributed by atoms with Crippen LogP contribution in [-0.2, 0) is 4.79 Å². The Hall–Kier alpha value is -2.15. The molecule has 0 saturated carbocycles. The summed E-state index contributed by atoms with van der Waals surface area (Å²) in [4.78, 5) is 28.7. The van der Waals surface area contributed by atoms with Crippen LogP contribution < -0.4 is 16.8 Å². The van der Waals surface area contributed by atoms with Gasteiger partial charge in [0.2, 0.25) is 5.91 Å². The predicted molar refractivity (Wildman–Crippen MR) is 84.2 cm³/mol. The van der Waals surface area contributed by atoms with Crippen LogP contribution in [0, 0.1) is 13.8 Å². The van der Waals surface area contributed by atoms with Crippen molar-refractivity contribution in [2.75, 3.05) is 5.73 Å². The number of rotatable bonds is 4. The fourth-order valence-corrected chi connectivity index (χ4v) is 3.40. The molecule has 0 aliphatic carbocycles. The lowest BCUT2D eigenvalue weighted by Gasteiger charge is -2.11. The number of aryl methyl sites for hydroxylation is 2. The zero-order valence-corrected chi connectivity index (χ0v) is 13.0. The minimum Gasteiger partial charge on any atom is -0.397 e. The molecule has 0 bridgehead atoms. The van der Waals surface area contributed by atoms with E-state index in [1.54, 1.807) is 6.92 Å². The van der Waals surface area contributed by atoms with E-state index >= 15 is 0 Å². The molecule has 112 valence electrons. The number of aromatic nitrogens is 1. The molecule has 7 heteroatoms. The molecule has 0 spiro atoms. The summed E-state index contributed by atoms with van der Waals surface area (Å²) in [5, 5.41) is 3.54. The third-order valence-electron chi connectivity index (χ3n) is 3.12. The van der Waals surface area contributed by atoms with E-state index in [9.17, 15) is 9.59 Å². The number of fused-ring (bicyclic) bond motifs is 1. The average molecular weight is 306 g/mol. The molecule has 0 saturated heterocycles. The van der Waals surface area contributed by atoms with Crippen LogP contribution in [0.3, 0.4) is 0 Å². The van der Waals surface area contributed by atoms with Crippen molar-refractivity contribution < 1.29 is 9.59 Å². The van der Waals surface area contributed by atoms with Gasteiger partial charge in [-0.3, -0.25) is 9.59 Å². The van der Waals surface area contributed by atoms with Crippen molar-refractivity contribution in [2.45, 2.75) is 33.2 Å². The van der Waals surface area contributed by atoms with Crippen LogP contribution in [0.25, 0.3) is 10.2 Å². The molecule has 0 aliphatic heterocycles. The Labute approximate surface area is 126 Å². The van der Waals surface area contributed by atoms with Gasteiger partial charge < -0.3 is 16.8 Å². The van der Waals surface area contributed by atoms with Gasteiger partial charge in [-0.25, -0.2) is 4.98 Å². The van der Waals surface area contributed by atoms with E-state index in [1.165, 1.54) is 11.3 Å². The highest BCUT2D eigenvalue weighted by atomic mass is 32.1. The molecular weight excluding hydrogens is 288 g/mol. The number of carbonyl (C=O) groups is 2. The van der Waals surface area contributed by atoms with E-state index in [0.717, 1.165) is 21.5 Å². The first-order chi connectivity index (χ1) is 9.79. The maximum Gasteiger partial charge on any atom is 0.263 e. The molecule has 2 aromatic heterocycles. The number of nitrogen functional groups attached to an aromatic ring is 1. The van der Waals surface area contributed by atoms with Gasteiger partial charge in [-0.15, -0.1) is 11.3 Å². The van der Waals surface area contributed by atoms with E-state index in [2.05, 4.69) is 10.3 Å². The second kappa shape index (κ2) is 5.69. The Morgan fingerprint density at radius 3 is 2.71 bits per heavy atom. The molecule has 5 N–H and O–H groups in total. The lowest BCUT2D eigenvalue weighted by molar-refractivity contribution is -0.118. The number of hydrogen-bond acceptors (Lipinski definition) is 5. The maximum absolute atomic E-state index is 12.3. The Kier molecular flexibility index (Phi) is 4.13. The number of pyridine rings is 1. The molecule has 1 unspecified atom stereocenters. The van der Waals surface area contributed by atoms with Crippen LogP contribution in [0.15, 0.2) is 6.07 Å². The molecule has 0 fully saturated rings. The number of primary amides is 1. The SMILES string of the molecule is Cc1cc(C)c2c(N)c(C(=O)NC(C)CC(N)=O)sc2n1. The normalized spacial score (nSPS) is 12.3. The van der Waals surface area contributed by atoms with Crippen LogP contribution in [0.5, 0.6) is 0 Å². The molecule has 1 atom stereocenters. The fourth-order valence-electron chi connectivity index (χ4n) is 2.28. The van der Waals surface area contributed by atoms with Crippen LogP contribution >= 0.6 is 11.3 Å². The number of nitrogens with zero attached hydrogens (tertiary/aromatic N) is 1. The number of hydrogen-bond donors (Lipinski definition) is 3. The van der Waals surface area contributed by atoms with Crippen molar-refractivity contribution in [1.29, 1.82) is 0 Å². The Morgan fingerprint density at radius 2 is 2.10 bits per heavy atom. The number of carbonyl (C=O) groups excluding carboxylic acids is 2. The molecule has 2 aromatic rings. The summed E-state index contributed by atoms with van der Waals surface area (Å²) in [7, 11) is 0. The number of amides is 2. The molecular formula is C14H18N4O2S. The molecule has 0 aliphatic rings. The smallest absolute Gasteiger partial charge is 0.263 e. The first-order valence-corrected chi connectivity index (χ1v) is 7.36. The van der Waals surface area contributed by atoms with E-state index in [-0.39, 0.29) is 18.4 Å². The van der Waals surface area contributed by atoms with Crippen LogP contribution in [0.2, 0.25) is 0 Å². The van der Waals surface area contributed by atoms with E-state index in [4.69, 9.17) is 11.5 Å². The number of nitrogens with two attached hydrogens (primary N) is 2. The van der Waals surface area contributed by atoms with Crippen LogP contribution in [-0.4, -0.2) is 22.8 Å². The molecule has 2 rings (SSSR count). The standard InChI is InChI=1S/C14H18N4O2S/c1-6-4-7(2)18-14-10(6)11(16)12(21-14)13(20)17-8(3)5-9(15)19/h4,8H,5,16H2,1-3H3,(H2,15,19)(H,17,20). The van der Waals surface area contributed by atoms with Gasteiger partial charge in [0.05, 0.1) is 5.69 Å². The van der Waals surface area contributed by atoms with Gasteiger partial charge in [-0.1, -0.05) is 0 Å². The minimum atomic E-state index is -0.458. The number of nitrogens with one attached hydrogen (secondary N) is 1. The van der Waals surface area contributed by atoms with Gasteiger partial charge in [0.15, 0.2) is 0 Å². The van der Waals surface area contributed by atoms with Crippen molar-refractivity contribution in [3.63, 3.8) is 0 Å². The first kappa shape index (κ1) is 15.2. The van der Waals surface area contributed by atoms with Crippen molar-refractivity contribution >= 4 is 39.1 Å². The lowest BCUT2D eigenvalue weighted by atomic mass is 10.1. The van der Waals surface area contributed by atoms with Gasteiger partial charge in [0, 0.05) is 23.5 Å². The third-order valence-corrected chi connectivity index (χ3v) is 4.21. The monoisotopic (exact) mass is 306 g/mol. The lowest BCUT2D eigenvalue weighted by Crippen LogP contribution is -2.35. The fraction of sp³-hybridized carbons (Fsp3) is 0.357. The minimum absolute atomic E-state index is 0.0902. The van der Waals surface area contributed by atoms with Gasteiger partial charge in [0.25, 0.3) is 5.91 Å². The zero-order valence-electron chi connectivity index (χ0n) is 12.2. The summed E-state index contributed by atoms with van der Waals surface area (Å²) in [6.45, 7) is 5.56. The third kappa shape index (κ3) is 3.13. The largest absolute Gasteiger partial charge is 0.397 e. The molecule has 0 aromatic carbocycles. The highest BCUT2D eigenvalue weighted by Gasteiger charge is 2.20. The molecule has 2 amide bonds. The average Bonchev–Trinajstić information content (AvgIpc) is 2.65. The second-order valence-corrected chi connectivity index (χ2v) is 6.15. The van der Waals surface area contributed by atoms with Gasteiger partial charge >= 0.3 is 0 Å². The molecule has 6 nitrogen and oxygen atoms in total. The van der Waals surface area contributed by atoms with Gasteiger partial charge in [-0.05, 0) is 32.4 Å². The number of anilines is 1. The van der Waals surface area contributed by atoms with E-state index in [1.807, 2.05) is 19.9 Å². The Bertz CT molecular complexity index is 723. The van der Waals surface area contributed by atoms with Crippen molar-refractivity contribution in [1.82, 2.24) is 10.3 Å². The van der Waals surface area contributed by atoms with E-state index in [0.29, 0.717) is 10.6 Å². The topological polar surface area (TPSA) is 111 Å². The summed E-state index contributed by atoms with van der Waals surface area (Å²) in [6.07, 6.45) is 0.0902. The summed E-state index contributed by atoms with van der Waals surface area (Å²) >= 11 is 1.26. The van der Waals surface area contributed by atoms with Crippen molar-refractivity contribution in [3.05, 3.63) is 22.2 Å². The van der Waals surface area contributed by atoms with Gasteiger partial charge in [-0.2, -0.15) is 0 Å². The molecule has 2 heterocycles. The summed E-state index contributed by atoms with van der Waals surface area (Å²) in [5.74, 6) is -0.762. The summed E-state index contributed by atoms with van der Waals surface area (Å²) in [6, 6.07) is 1.60.